The van der Waals surface area contributed by atoms with Crippen LogP contribution in [-0.4, -0.2) is 61.6 Å². The molecule has 0 radical (unpaired) electrons. The summed E-state index contributed by atoms with van der Waals surface area (Å²) < 4.78 is 60.1. The maximum absolute atomic E-state index is 13.7. The number of sulfone groups is 1. The highest BCUT2D eigenvalue weighted by Gasteiger charge is 2.35. The van der Waals surface area contributed by atoms with Crippen LogP contribution in [0, 0.1) is 0 Å². The number of hydrogen-bond acceptors (Lipinski definition) is 8. The molecule has 0 spiro atoms. The van der Waals surface area contributed by atoms with E-state index in [9.17, 15) is 27.1 Å². The summed E-state index contributed by atoms with van der Waals surface area (Å²) in [7, 11) is -4.05. The maximum Gasteiger partial charge on any atom is 0.337 e. The number of fused-ring (bicyclic) bond motifs is 1. The van der Waals surface area contributed by atoms with Crippen molar-refractivity contribution in [3.8, 4) is 0 Å². The van der Waals surface area contributed by atoms with Gasteiger partial charge < -0.3 is 25.8 Å². The number of halogens is 2. The van der Waals surface area contributed by atoms with Crippen LogP contribution in [0.2, 0.25) is 0 Å². The molecule has 1 aromatic heterocycles. The molecule has 1 unspecified atom stereocenters. The number of aromatic carboxylic acids is 1. The Morgan fingerprint density at radius 3 is 2.63 bits per heavy atom. The molecule has 2 heterocycles. The van der Waals surface area contributed by atoms with Crippen LogP contribution in [0.3, 0.4) is 0 Å². The van der Waals surface area contributed by atoms with Gasteiger partial charge in [-0.1, -0.05) is 12.1 Å². The third-order valence-electron chi connectivity index (χ3n) is 6.88. The third-order valence-corrected chi connectivity index (χ3v) is 8.80. The van der Waals surface area contributed by atoms with E-state index in [2.05, 4.69) is 20.9 Å². The highest BCUT2D eigenvalue weighted by Crippen LogP contribution is 2.38. The number of hydrogen-bond donors (Lipinski definition) is 4. The number of alkyl halides is 2. The van der Waals surface area contributed by atoms with Crippen molar-refractivity contribution >= 4 is 43.8 Å². The number of pyridine rings is 1. The van der Waals surface area contributed by atoms with Gasteiger partial charge in [0.15, 0.2) is 5.44 Å². The van der Waals surface area contributed by atoms with Crippen molar-refractivity contribution in [3.63, 3.8) is 0 Å². The van der Waals surface area contributed by atoms with Gasteiger partial charge in [0.05, 0.1) is 29.1 Å². The van der Waals surface area contributed by atoms with Crippen molar-refractivity contribution < 1.29 is 31.8 Å². The van der Waals surface area contributed by atoms with E-state index in [1.54, 1.807) is 36.4 Å². The first-order valence-electron chi connectivity index (χ1n) is 12.4. The molecule has 0 bridgehead atoms. The van der Waals surface area contributed by atoms with Gasteiger partial charge >= 0.3 is 5.97 Å². The Hall–Kier alpha value is -3.35. The van der Waals surface area contributed by atoms with Crippen molar-refractivity contribution in [1.29, 1.82) is 0 Å². The van der Waals surface area contributed by atoms with Crippen LogP contribution in [-0.2, 0) is 14.6 Å². The Bertz CT molecular complexity index is 1450. The fraction of sp³-hybridized carbons (Fsp3) is 0.385. The van der Waals surface area contributed by atoms with Crippen LogP contribution in [0.25, 0.3) is 10.9 Å². The van der Waals surface area contributed by atoms with Crippen LogP contribution in [0.5, 0.6) is 0 Å². The molecule has 5 rings (SSSR count). The third kappa shape index (κ3) is 5.42. The summed E-state index contributed by atoms with van der Waals surface area (Å²) >= 11 is 0. The van der Waals surface area contributed by atoms with Crippen molar-refractivity contribution in [1.82, 2.24) is 10.3 Å². The van der Waals surface area contributed by atoms with E-state index in [1.165, 1.54) is 12.3 Å². The van der Waals surface area contributed by atoms with Gasteiger partial charge in [-0.25, -0.2) is 22.0 Å². The summed E-state index contributed by atoms with van der Waals surface area (Å²) in [6.07, 6.45) is 1.46. The summed E-state index contributed by atoms with van der Waals surface area (Å²) in [5.74, 6) is -3.83. The number of anilines is 3. The molecule has 1 atom stereocenters. The number of nitrogens with zero attached hydrogens (tertiary/aromatic N) is 1. The SMILES string of the molecule is O=C(O)c1ccccc1Nc1c(S(=O)(=O)C2CNCCO2)cnc2ccc(NC3CCC(F)(F)CC3)cc12. The normalized spacial score (nSPS) is 20.2. The van der Waals surface area contributed by atoms with Crippen LogP contribution in [0.15, 0.2) is 53.6 Å². The molecule has 2 aromatic carbocycles. The molecule has 202 valence electrons. The smallest absolute Gasteiger partial charge is 0.337 e. The Kier molecular flexibility index (Phi) is 7.21. The van der Waals surface area contributed by atoms with E-state index in [0.717, 1.165) is 0 Å². The Balaban J connectivity index is 1.60. The average molecular weight is 547 g/mol. The lowest BCUT2D eigenvalue weighted by atomic mass is 9.92. The zero-order chi connectivity index (χ0) is 26.9. The minimum absolute atomic E-state index is 0.0335. The predicted octanol–water partition coefficient (Wildman–Crippen LogP) is 4.39. The number of morpholine rings is 1. The molecule has 3 aromatic rings. The summed E-state index contributed by atoms with van der Waals surface area (Å²) in [6, 6.07) is 11.2. The number of rotatable bonds is 7. The molecule has 0 amide bonds. The summed E-state index contributed by atoms with van der Waals surface area (Å²) in [5.41, 5.74) is 0.290. The zero-order valence-electron chi connectivity index (χ0n) is 20.4. The lowest BCUT2D eigenvalue weighted by Crippen LogP contribution is -2.43. The van der Waals surface area contributed by atoms with E-state index in [-0.39, 0.29) is 53.9 Å². The predicted molar refractivity (Wildman–Crippen MR) is 139 cm³/mol. The van der Waals surface area contributed by atoms with E-state index >= 15 is 0 Å². The topological polar surface area (TPSA) is 130 Å². The Morgan fingerprint density at radius 2 is 1.92 bits per heavy atom. The lowest BCUT2D eigenvalue weighted by Gasteiger charge is -2.29. The van der Waals surface area contributed by atoms with E-state index in [0.29, 0.717) is 36.0 Å². The highest BCUT2D eigenvalue weighted by molar-refractivity contribution is 7.92. The molecule has 2 fully saturated rings. The second-order valence-corrected chi connectivity index (χ2v) is 11.6. The highest BCUT2D eigenvalue weighted by atomic mass is 32.2. The van der Waals surface area contributed by atoms with Gasteiger partial charge in [0.25, 0.3) is 0 Å². The van der Waals surface area contributed by atoms with Crippen LogP contribution in [0.4, 0.5) is 25.8 Å². The number of benzene rings is 2. The standard InChI is InChI=1S/C26H28F2N4O5S/c27-26(28)9-7-16(8-10-26)31-17-5-6-20-19(13-17)24(32-21-4-2-1-3-18(21)25(33)34)22(14-30-20)38(35,36)23-15-29-11-12-37-23/h1-6,13-14,16,23,29,31H,7-12,15H2,(H,30,32)(H,33,34). The van der Waals surface area contributed by atoms with Crippen LogP contribution in [0.1, 0.15) is 36.0 Å². The number of carboxylic acids is 1. The van der Waals surface area contributed by atoms with Gasteiger partial charge in [0.2, 0.25) is 15.8 Å². The average Bonchev–Trinajstić information content (AvgIpc) is 2.91. The molecule has 1 aliphatic carbocycles. The zero-order valence-corrected chi connectivity index (χ0v) is 21.2. The van der Waals surface area contributed by atoms with E-state index in [4.69, 9.17) is 4.74 Å². The maximum atomic E-state index is 13.7. The Morgan fingerprint density at radius 1 is 1.16 bits per heavy atom. The van der Waals surface area contributed by atoms with Crippen molar-refractivity contribution in [2.24, 2.45) is 0 Å². The van der Waals surface area contributed by atoms with Gasteiger partial charge in [-0.3, -0.25) is 4.98 Å². The number of aromatic nitrogens is 1. The van der Waals surface area contributed by atoms with Gasteiger partial charge in [-0.2, -0.15) is 0 Å². The Labute approximate surface area is 218 Å². The van der Waals surface area contributed by atoms with Gasteiger partial charge in [0, 0.05) is 49.2 Å². The van der Waals surface area contributed by atoms with Crippen molar-refractivity contribution in [2.45, 2.75) is 48.0 Å². The fourth-order valence-corrected chi connectivity index (χ4v) is 6.37. The molecule has 1 saturated heterocycles. The van der Waals surface area contributed by atoms with E-state index in [1.807, 2.05) is 0 Å². The first-order chi connectivity index (χ1) is 18.1. The second-order valence-electron chi connectivity index (χ2n) is 9.53. The number of ether oxygens (including phenoxy) is 1. The fourth-order valence-electron chi connectivity index (χ4n) is 4.82. The first kappa shape index (κ1) is 26.3. The molecule has 2 aliphatic rings. The molecule has 1 saturated carbocycles. The minimum atomic E-state index is -4.05. The number of para-hydroxylation sites is 1. The lowest BCUT2D eigenvalue weighted by molar-refractivity contribution is -0.0360. The molecule has 12 heteroatoms. The first-order valence-corrected chi connectivity index (χ1v) is 13.9. The molecule has 1 aliphatic heterocycles. The molecule has 9 nitrogen and oxygen atoms in total. The van der Waals surface area contributed by atoms with Crippen LogP contribution < -0.4 is 16.0 Å². The minimum Gasteiger partial charge on any atom is -0.478 e. The summed E-state index contributed by atoms with van der Waals surface area (Å²) in [6.45, 7) is 0.852. The summed E-state index contributed by atoms with van der Waals surface area (Å²) in [4.78, 5) is 16.1. The van der Waals surface area contributed by atoms with Gasteiger partial charge in [-0.15, -0.1) is 0 Å². The number of carboxylic acid groups (broad SMARTS) is 1. The second kappa shape index (κ2) is 10.4. The van der Waals surface area contributed by atoms with Crippen molar-refractivity contribution in [3.05, 3.63) is 54.2 Å². The molecule has 4 N–H and O–H groups in total. The molecule has 38 heavy (non-hydrogen) atoms. The number of carbonyl (C=O) groups is 1. The molecular weight excluding hydrogens is 518 g/mol. The number of nitrogens with one attached hydrogen (secondary N) is 3. The summed E-state index contributed by atoms with van der Waals surface area (Å²) in [5, 5.41) is 19.5. The van der Waals surface area contributed by atoms with Crippen LogP contribution >= 0.6 is 0 Å². The van der Waals surface area contributed by atoms with Crippen molar-refractivity contribution in [2.75, 3.05) is 30.3 Å². The quantitative estimate of drug-likeness (QED) is 0.341. The largest absolute Gasteiger partial charge is 0.478 e. The monoisotopic (exact) mass is 546 g/mol. The van der Waals surface area contributed by atoms with E-state index < -0.39 is 27.2 Å². The van der Waals surface area contributed by atoms with Gasteiger partial charge in [-0.05, 0) is 43.2 Å². The molecular formula is C26H28F2N4O5S. The van der Waals surface area contributed by atoms with Gasteiger partial charge in [0.1, 0.15) is 4.90 Å².